The van der Waals surface area contributed by atoms with Crippen molar-refractivity contribution in [2.45, 2.75) is 89.3 Å². The number of anilines is 2. The SMILES string of the molecule is COC1C(CC(=O)NC[C@H]2O[C@@H](n3ccc(N)nc3=O)C(OC)C2OP(=O)([O-])OC(C)C)[C@@H](COC(C)C)O[C@H]1n1ccc(N)nc1=O. The van der Waals surface area contributed by atoms with Crippen LogP contribution in [-0.4, -0.2) is 95.1 Å². The van der Waals surface area contributed by atoms with Crippen LogP contribution in [0.1, 0.15) is 46.6 Å². The van der Waals surface area contributed by atoms with E-state index in [1.165, 1.54) is 57.2 Å². The summed E-state index contributed by atoms with van der Waals surface area (Å²) in [5.41, 5.74) is 9.85. The van der Waals surface area contributed by atoms with Crippen LogP contribution in [-0.2, 0) is 42.1 Å². The van der Waals surface area contributed by atoms with Gasteiger partial charge in [-0.15, -0.1) is 0 Å². The number of aromatic nitrogens is 4. The Morgan fingerprint density at radius 1 is 0.938 bits per heavy atom. The molecule has 5 unspecified atom stereocenters. The van der Waals surface area contributed by atoms with E-state index < -0.39 is 80.1 Å². The minimum Gasteiger partial charge on any atom is -0.756 e. The van der Waals surface area contributed by atoms with E-state index in [1.54, 1.807) is 0 Å². The third kappa shape index (κ3) is 9.04. The molecule has 2 aromatic rings. The fourth-order valence-electron chi connectivity index (χ4n) is 5.64. The van der Waals surface area contributed by atoms with E-state index in [0.29, 0.717) is 0 Å². The van der Waals surface area contributed by atoms with E-state index >= 15 is 0 Å². The summed E-state index contributed by atoms with van der Waals surface area (Å²) in [6.45, 7) is 6.55. The number of nitrogens with zero attached hydrogens (tertiary/aromatic N) is 4. The Morgan fingerprint density at radius 2 is 1.48 bits per heavy atom. The maximum atomic E-state index is 13.5. The number of hydrogen-bond acceptors (Lipinski definition) is 16. The summed E-state index contributed by atoms with van der Waals surface area (Å²) >= 11 is 0. The standard InChI is InChI=1S/C28H44N7O12P/c1-14(2)43-13-18-16(22(41-5)25(45-18)34-9-7-19(29)32-27(34)37)11-21(36)31-12-17-23(47-48(39,40)46-15(3)4)24(42-6)26(44-17)35-10-8-20(30)33-28(35)38/h7-10,14-18,22-26H,11-13H2,1-6H3,(H,31,36)(H,39,40)(H2,29,32,37)(H2,30,33,38)/p-1/t16?,17-,18-,22?,23?,24?,25-,26-/m1/s1. The van der Waals surface area contributed by atoms with E-state index in [0.717, 1.165) is 4.57 Å². The lowest BCUT2D eigenvalue weighted by atomic mass is 9.93. The minimum absolute atomic E-state index is 0.0312. The number of nitrogen functional groups attached to an aromatic ring is 2. The van der Waals surface area contributed by atoms with Crippen LogP contribution < -0.4 is 33.1 Å². The van der Waals surface area contributed by atoms with Gasteiger partial charge in [-0.1, -0.05) is 0 Å². The number of amides is 1. The molecule has 0 spiro atoms. The molecule has 2 saturated heterocycles. The lowest BCUT2D eigenvalue weighted by molar-refractivity contribution is -0.236. The average Bonchev–Trinajstić information content (AvgIpc) is 3.50. The Labute approximate surface area is 276 Å². The second kappa shape index (κ2) is 16.0. The van der Waals surface area contributed by atoms with Gasteiger partial charge in [0.25, 0.3) is 7.82 Å². The first-order valence-corrected chi connectivity index (χ1v) is 16.7. The molecule has 1 amide bonds. The number of phosphoric ester groups is 1. The molecule has 20 heteroatoms. The van der Waals surface area contributed by atoms with Gasteiger partial charge in [0.2, 0.25) is 5.91 Å². The average molecular weight is 701 g/mol. The molecule has 0 aliphatic carbocycles. The monoisotopic (exact) mass is 700 g/mol. The third-order valence-electron chi connectivity index (χ3n) is 7.68. The van der Waals surface area contributed by atoms with Gasteiger partial charge in [0.1, 0.15) is 36.1 Å². The van der Waals surface area contributed by atoms with E-state index in [-0.39, 0.29) is 37.3 Å². The number of ether oxygens (including phenoxy) is 5. The summed E-state index contributed by atoms with van der Waals surface area (Å²) in [6.07, 6.45) is -5.49. The molecule has 5 N–H and O–H groups in total. The maximum absolute atomic E-state index is 13.5. The highest BCUT2D eigenvalue weighted by atomic mass is 31.2. The van der Waals surface area contributed by atoms with Crippen LogP contribution in [0, 0.1) is 5.92 Å². The smallest absolute Gasteiger partial charge is 0.351 e. The van der Waals surface area contributed by atoms with Crippen molar-refractivity contribution in [2.75, 3.05) is 38.8 Å². The third-order valence-corrected chi connectivity index (χ3v) is 8.86. The van der Waals surface area contributed by atoms with E-state index in [4.69, 9.17) is 44.2 Å². The van der Waals surface area contributed by atoms with Gasteiger partial charge >= 0.3 is 11.4 Å². The number of phosphoric acid groups is 1. The summed E-state index contributed by atoms with van der Waals surface area (Å²) in [6, 6.07) is 2.80. The van der Waals surface area contributed by atoms with Crippen LogP contribution in [0.15, 0.2) is 34.1 Å². The number of nitrogens with one attached hydrogen (secondary N) is 1. The first kappa shape index (κ1) is 37.6. The number of hydrogen-bond donors (Lipinski definition) is 3. The predicted octanol–water partition coefficient (Wildman–Crippen LogP) is -0.684. The van der Waals surface area contributed by atoms with Gasteiger partial charge in [-0.2, -0.15) is 9.97 Å². The van der Waals surface area contributed by atoms with Gasteiger partial charge in [-0.25, -0.2) is 9.59 Å². The van der Waals surface area contributed by atoms with Crippen molar-refractivity contribution in [1.82, 2.24) is 24.4 Å². The Bertz CT molecular complexity index is 1570. The van der Waals surface area contributed by atoms with Crippen molar-refractivity contribution in [1.29, 1.82) is 0 Å². The minimum atomic E-state index is -4.91. The molecule has 4 heterocycles. The van der Waals surface area contributed by atoms with Crippen molar-refractivity contribution < 1.29 is 47.0 Å². The van der Waals surface area contributed by atoms with Crippen LogP contribution in [0.2, 0.25) is 0 Å². The molecule has 2 aliphatic rings. The zero-order chi connectivity index (χ0) is 35.3. The van der Waals surface area contributed by atoms with Gasteiger partial charge < -0.3 is 54.4 Å². The Balaban J connectivity index is 1.55. The zero-order valence-electron chi connectivity index (χ0n) is 27.5. The molecule has 9 atom stereocenters. The molecule has 0 saturated carbocycles. The Hall–Kier alpha value is -3.26. The fraction of sp³-hybridized carbons (Fsp3) is 0.679. The van der Waals surface area contributed by atoms with Crippen molar-refractivity contribution in [3.05, 3.63) is 45.5 Å². The first-order valence-electron chi connectivity index (χ1n) is 15.3. The number of carbonyl (C=O) groups is 1. The summed E-state index contributed by atoms with van der Waals surface area (Å²) in [4.78, 5) is 59.0. The molecular formula is C28H43N7O12P-. The molecule has 19 nitrogen and oxygen atoms in total. The summed E-state index contributed by atoms with van der Waals surface area (Å²) in [7, 11) is -2.19. The lowest BCUT2D eigenvalue weighted by Crippen LogP contribution is -2.44. The van der Waals surface area contributed by atoms with Crippen LogP contribution in [0.5, 0.6) is 0 Å². The molecule has 2 aliphatic heterocycles. The summed E-state index contributed by atoms with van der Waals surface area (Å²) in [5.74, 6) is -1.08. The topological polar surface area (TPSA) is 256 Å². The van der Waals surface area contributed by atoms with Gasteiger partial charge in [-0.3, -0.25) is 18.5 Å². The van der Waals surface area contributed by atoms with E-state index in [2.05, 4.69) is 15.3 Å². The second-order valence-corrected chi connectivity index (χ2v) is 13.2. The highest BCUT2D eigenvalue weighted by Crippen LogP contribution is 2.46. The summed E-state index contributed by atoms with van der Waals surface area (Å²) < 4.78 is 54.8. The number of carbonyl (C=O) groups excluding carboxylic acids is 1. The fourth-order valence-corrected chi connectivity index (χ4v) is 6.76. The predicted molar refractivity (Wildman–Crippen MR) is 166 cm³/mol. The number of methoxy groups -OCH3 is 2. The van der Waals surface area contributed by atoms with Crippen molar-refractivity contribution in [3.8, 4) is 0 Å². The van der Waals surface area contributed by atoms with Crippen molar-refractivity contribution in [3.63, 3.8) is 0 Å². The van der Waals surface area contributed by atoms with E-state index in [9.17, 15) is 23.8 Å². The highest BCUT2D eigenvalue weighted by molar-refractivity contribution is 7.45. The second-order valence-electron chi connectivity index (χ2n) is 11.8. The van der Waals surface area contributed by atoms with E-state index in [1.807, 2.05) is 13.8 Å². The number of rotatable bonds is 15. The first-order chi connectivity index (χ1) is 22.6. The van der Waals surface area contributed by atoms with Crippen LogP contribution in [0.3, 0.4) is 0 Å². The molecule has 0 radical (unpaired) electrons. The molecule has 0 aromatic carbocycles. The molecule has 2 aromatic heterocycles. The molecule has 4 rings (SSSR count). The van der Waals surface area contributed by atoms with Crippen LogP contribution in [0.25, 0.3) is 0 Å². The normalized spacial score (nSPS) is 28.6. The lowest BCUT2D eigenvalue weighted by Gasteiger charge is -2.31. The summed E-state index contributed by atoms with van der Waals surface area (Å²) in [5, 5.41) is 2.75. The molecule has 0 bridgehead atoms. The highest BCUT2D eigenvalue weighted by Gasteiger charge is 2.50. The molecule has 268 valence electrons. The van der Waals surface area contributed by atoms with Gasteiger partial charge in [0.15, 0.2) is 12.5 Å². The molecule has 48 heavy (non-hydrogen) atoms. The number of nitrogens with two attached hydrogens (primary N) is 2. The van der Waals surface area contributed by atoms with Crippen LogP contribution in [0.4, 0.5) is 11.6 Å². The quantitative estimate of drug-likeness (QED) is 0.194. The Kier molecular flexibility index (Phi) is 12.5. The van der Waals surface area contributed by atoms with Gasteiger partial charge in [-0.05, 0) is 39.8 Å². The van der Waals surface area contributed by atoms with Gasteiger partial charge in [0.05, 0.1) is 24.9 Å². The van der Waals surface area contributed by atoms with Crippen molar-refractivity contribution in [2.24, 2.45) is 5.92 Å². The Morgan fingerprint density at radius 3 is 1.98 bits per heavy atom. The van der Waals surface area contributed by atoms with Gasteiger partial charge in [0, 0.05) is 45.5 Å². The van der Waals surface area contributed by atoms with Crippen LogP contribution >= 0.6 is 7.82 Å². The van der Waals surface area contributed by atoms with Crippen molar-refractivity contribution >= 4 is 25.4 Å². The largest absolute Gasteiger partial charge is 0.756 e. The maximum Gasteiger partial charge on any atom is 0.351 e. The molecule has 2 fully saturated rings. The zero-order valence-corrected chi connectivity index (χ0v) is 28.4. The molecular weight excluding hydrogens is 657 g/mol.